The van der Waals surface area contributed by atoms with E-state index in [2.05, 4.69) is 5.16 Å². The summed E-state index contributed by atoms with van der Waals surface area (Å²) in [4.78, 5) is 0. The first-order valence-electron chi connectivity index (χ1n) is 5.05. The SMILES string of the molecule is C[n+]1ccccc1C(=NO)c1ccccc1. The number of oxime groups is 1. The molecule has 0 aliphatic rings. The molecule has 0 radical (unpaired) electrons. The third kappa shape index (κ3) is 1.93. The van der Waals surface area contributed by atoms with Crippen LogP contribution in [0, 0.1) is 0 Å². The van der Waals surface area contributed by atoms with Crippen molar-refractivity contribution in [2.24, 2.45) is 12.2 Å². The molecule has 2 rings (SSSR count). The van der Waals surface area contributed by atoms with Crippen molar-refractivity contribution in [1.29, 1.82) is 0 Å². The molecule has 0 saturated carbocycles. The number of aryl methyl sites for hydroxylation is 1. The Balaban J connectivity index is 2.51. The molecule has 0 atom stereocenters. The van der Waals surface area contributed by atoms with E-state index in [1.165, 1.54) is 0 Å². The number of aromatic nitrogens is 1. The van der Waals surface area contributed by atoms with Crippen LogP contribution < -0.4 is 4.57 Å². The third-order valence-electron chi connectivity index (χ3n) is 2.44. The van der Waals surface area contributed by atoms with Gasteiger partial charge in [0.1, 0.15) is 7.05 Å². The zero-order valence-corrected chi connectivity index (χ0v) is 9.04. The van der Waals surface area contributed by atoms with Crippen LogP contribution in [-0.4, -0.2) is 10.9 Å². The molecule has 80 valence electrons. The summed E-state index contributed by atoms with van der Waals surface area (Å²) in [6.07, 6.45) is 1.92. The standard InChI is InChI=1S/C13H12N2O/c1-15-10-6-5-9-12(15)13(14-16)11-7-3-2-4-8-11/h2-10H,1H3/p+1. The van der Waals surface area contributed by atoms with Gasteiger partial charge in [-0.05, 0) is 6.07 Å². The van der Waals surface area contributed by atoms with Gasteiger partial charge in [-0.2, -0.15) is 4.57 Å². The monoisotopic (exact) mass is 213 g/mol. The molecule has 1 aromatic carbocycles. The van der Waals surface area contributed by atoms with Gasteiger partial charge in [0.15, 0.2) is 11.9 Å². The zero-order chi connectivity index (χ0) is 11.4. The summed E-state index contributed by atoms with van der Waals surface area (Å²) in [7, 11) is 1.92. The highest BCUT2D eigenvalue weighted by Gasteiger charge is 2.15. The summed E-state index contributed by atoms with van der Waals surface area (Å²) in [6, 6.07) is 15.4. The van der Waals surface area contributed by atoms with E-state index in [1.807, 2.05) is 66.3 Å². The molecule has 0 fully saturated rings. The Bertz CT molecular complexity index is 506. The smallest absolute Gasteiger partial charge is 0.234 e. The van der Waals surface area contributed by atoms with E-state index >= 15 is 0 Å². The minimum Gasteiger partial charge on any atom is -0.410 e. The fourth-order valence-electron chi connectivity index (χ4n) is 1.62. The molecule has 0 bridgehead atoms. The van der Waals surface area contributed by atoms with Crippen LogP contribution in [0.3, 0.4) is 0 Å². The minimum atomic E-state index is 0.573. The van der Waals surface area contributed by atoms with E-state index in [-0.39, 0.29) is 0 Å². The summed E-state index contributed by atoms with van der Waals surface area (Å²) in [5.74, 6) is 0. The van der Waals surface area contributed by atoms with Gasteiger partial charge < -0.3 is 5.21 Å². The lowest BCUT2D eigenvalue weighted by atomic mass is 10.1. The Morgan fingerprint density at radius 1 is 1.06 bits per heavy atom. The topological polar surface area (TPSA) is 36.5 Å². The van der Waals surface area contributed by atoms with E-state index in [0.29, 0.717) is 5.71 Å². The van der Waals surface area contributed by atoms with E-state index in [4.69, 9.17) is 5.21 Å². The van der Waals surface area contributed by atoms with Crippen LogP contribution in [0.25, 0.3) is 0 Å². The Labute approximate surface area is 94.3 Å². The molecule has 0 saturated heterocycles. The summed E-state index contributed by atoms with van der Waals surface area (Å²) in [6.45, 7) is 0. The van der Waals surface area contributed by atoms with Crippen molar-refractivity contribution in [2.75, 3.05) is 0 Å². The number of benzene rings is 1. The van der Waals surface area contributed by atoms with Crippen LogP contribution >= 0.6 is 0 Å². The van der Waals surface area contributed by atoms with Gasteiger partial charge in [-0.1, -0.05) is 35.5 Å². The maximum Gasteiger partial charge on any atom is 0.234 e. The van der Waals surface area contributed by atoms with Gasteiger partial charge in [0, 0.05) is 17.7 Å². The lowest BCUT2D eigenvalue weighted by Crippen LogP contribution is -2.35. The van der Waals surface area contributed by atoms with Gasteiger partial charge in [-0.3, -0.25) is 0 Å². The molecule has 0 aliphatic carbocycles. The molecule has 3 nitrogen and oxygen atoms in total. The van der Waals surface area contributed by atoms with E-state index in [0.717, 1.165) is 11.3 Å². The van der Waals surface area contributed by atoms with Crippen LogP contribution in [0.2, 0.25) is 0 Å². The Morgan fingerprint density at radius 3 is 2.38 bits per heavy atom. The molecule has 16 heavy (non-hydrogen) atoms. The lowest BCUT2D eigenvalue weighted by Gasteiger charge is -2.02. The van der Waals surface area contributed by atoms with Gasteiger partial charge in [-0.15, -0.1) is 0 Å². The van der Waals surface area contributed by atoms with Gasteiger partial charge in [0.2, 0.25) is 5.69 Å². The van der Waals surface area contributed by atoms with E-state index in [9.17, 15) is 0 Å². The van der Waals surface area contributed by atoms with Gasteiger partial charge >= 0.3 is 0 Å². The highest BCUT2D eigenvalue weighted by Crippen LogP contribution is 2.06. The van der Waals surface area contributed by atoms with Crippen molar-refractivity contribution < 1.29 is 9.77 Å². The largest absolute Gasteiger partial charge is 0.410 e. The van der Waals surface area contributed by atoms with Crippen molar-refractivity contribution in [3.8, 4) is 0 Å². The van der Waals surface area contributed by atoms with Gasteiger partial charge in [-0.25, -0.2) is 0 Å². The number of hydrogen-bond acceptors (Lipinski definition) is 2. The average molecular weight is 213 g/mol. The van der Waals surface area contributed by atoms with Crippen LogP contribution in [-0.2, 0) is 7.05 Å². The second-order valence-electron chi connectivity index (χ2n) is 3.51. The number of hydrogen-bond donors (Lipinski definition) is 1. The van der Waals surface area contributed by atoms with Crippen LogP contribution in [0.5, 0.6) is 0 Å². The number of rotatable bonds is 2. The summed E-state index contributed by atoms with van der Waals surface area (Å²) in [5.41, 5.74) is 2.34. The molecule has 0 amide bonds. The molecular weight excluding hydrogens is 200 g/mol. The summed E-state index contributed by atoms with van der Waals surface area (Å²) in [5, 5.41) is 12.5. The highest BCUT2D eigenvalue weighted by atomic mass is 16.4. The van der Waals surface area contributed by atoms with Crippen LogP contribution in [0.4, 0.5) is 0 Å². The van der Waals surface area contributed by atoms with Crippen LogP contribution in [0.15, 0.2) is 59.9 Å². The fourth-order valence-corrected chi connectivity index (χ4v) is 1.62. The highest BCUT2D eigenvalue weighted by molar-refractivity contribution is 6.10. The van der Waals surface area contributed by atoms with E-state index in [1.54, 1.807) is 0 Å². The fraction of sp³-hybridized carbons (Fsp3) is 0.0769. The molecule has 1 heterocycles. The van der Waals surface area contributed by atoms with Crippen molar-refractivity contribution in [2.45, 2.75) is 0 Å². The Hall–Kier alpha value is -2.16. The van der Waals surface area contributed by atoms with Crippen LogP contribution in [0.1, 0.15) is 11.3 Å². The van der Waals surface area contributed by atoms with Gasteiger partial charge in [0.25, 0.3) is 0 Å². The molecule has 0 aliphatic heterocycles. The normalized spacial score (nSPS) is 11.4. The van der Waals surface area contributed by atoms with Crippen molar-refractivity contribution in [1.82, 2.24) is 0 Å². The molecule has 3 heteroatoms. The second-order valence-corrected chi connectivity index (χ2v) is 3.51. The second kappa shape index (κ2) is 4.57. The first kappa shape index (κ1) is 10.4. The molecule has 1 N–H and O–H groups in total. The quantitative estimate of drug-likeness (QED) is 0.351. The summed E-state index contributed by atoms with van der Waals surface area (Å²) < 4.78 is 1.92. The first-order chi connectivity index (χ1) is 7.83. The lowest BCUT2D eigenvalue weighted by molar-refractivity contribution is -0.672. The van der Waals surface area contributed by atoms with Crippen molar-refractivity contribution in [3.05, 3.63) is 66.0 Å². The Kier molecular flexibility index (Phi) is 2.96. The zero-order valence-electron chi connectivity index (χ0n) is 9.04. The molecule has 0 spiro atoms. The first-order valence-corrected chi connectivity index (χ1v) is 5.05. The Morgan fingerprint density at radius 2 is 1.75 bits per heavy atom. The molecule has 0 unspecified atom stereocenters. The number of nitrogens with zero attached hydrogens (tertiary/aromatic N) is 2. The maximum absolute atomic E-state index is 9.13. The van der Waals surface area contributed by atoms with Crippen molar-refractivity contribution in [3.63, 3.8) is 0 Å². The molecule has 2 aromatic rings. The van der Waals surface area contributed by atoms with Crippen molar-refractivity contribution >= 4 is 5.71 Å². The third-order valence-corrected chi connectivity index (χ3v) is 2.44. The predicted molar refractivity (Wildman–Crippen MR) is 61.5 cm³/mol. The van der Waals surface area contributed by atoms with Gasteiger partial charge in [0.05, 0.1) is 0 Å². The maximum atomic E-state index is 9.13. The minimum absolute atomic E-state index is 0.573. The summed E-state index contributed by atoms with van der Waals surface area (Å²) >= 11 is 0. The molecular formula is C13H13N2O+. The molecule has 1 aromatic heterocycles. The average Bonchev–Trinajstić information content (AvgIpc) is 2.34. The number of pyridine rings is 1. The predicted octanol–water partition coefficient (Wildman–Crippen LogP) is 1.74. The van der Waals surface area contributed by atoms with E-state index < -0.39 is 0 Å².